The summed E-state index contributed by atoms with van der Waals surface area (Å²) in [5.41, 5.74) is 0. The van der Waals surface area contributed by atoms with Gasteiger partial charge in [0, 0.05) is 19.1 Å². The fraction of sp³-hybridized carbons (Fsp3) is 1.00. The Labute approximate surface area is 107 Å². The van der Waals surface area contributed by atoms with Gasteiger partial charge >= 0.3 is 0 Å². The summed E-state index contributed by atoms with van der Waals surface area (Å²) in [6.45, 7) is 8.78. The molecule has 100 valence electrons. The van der Waals surface area contributed by atoms with Gasteiger partial charge in [0.15, 0.2) is 0 Å². The SMILES string of the molecule is CC1CCNC1CN1CCC(CN(C)C)CC1. The fourth-order valence-electron chi connectivity index (χ4n) is 3.29. The molecule has 0 bridgehead atoms. The summed E-state index contributed by atoms with van der Waals surface area (Å²) in [5, 5.41) is 3.65. The lowest BCUT2D eigenvalue weighted by molar-refractivity contribution is 0.147. The molecule has 0 aromatic heterocycles. The summed E-state index contributed by atoms with van der Waals surface area (Å²) in [7, 11) is 4.38. The van der Waals surface area contributed by atoms with Crippen LogP contribution in [0, 0.1) is 11.8 Å². The summed E-state index contributed by atoms with van der Waals surface area (Å²) >= 11 is 0. The molecular weight excluding hydrogens is 210 g/mol. The van der Waals surface area contributed by atoms with E-state index in [0.717, 1.165) is 17.9 Å². The van der Waals surface area contributed by atoms with Gasteiger partial charge in [0.05, 0.1) is 0 Å². The van der Waals surface area contributed by atoms with Crippen LogP contribution in [-0.4, -0.2) is 62.7 Å². The van der Waals surface area contributed by atoms with Crippen molar-refractivity contribution in [1.29, 1.82) is 0 Å². The molecule has 1 N–H and O–H groups in total. The zero-order chi connectivity index (χ0) is 12.3. The average molecular weight is 239 g/mol. The monoisotopic (exact) mass is 239 g/mol. The molecule has 0 amide bonds. The quantitative estimate of drug-likeness (QED) is 0.797. The van der Waals surface area contributed by atoms with Crippen LogP contribution in [0.5, 0.6) is 0 Å². The van der Waals surface area contributed by atoms with Crippen molar-refractivity contribution in [3.05, 3.63) is 0 Å². The molecular formula is C14H29N3. The number of likely N-dealkylation sites (tertiary alicyclic amines) is 1. The molecule has 0 aromatic carbocycles. The Kier molecular flexibility index (Phi) is 4.83. The molecule has 0 saturated carbocycles. The molecule has 0 aliphatic carbocycles. The van der Waals surface area contributed by atoms with E-state index in [1.807, 2.05) is 0 Å². The number of hydrogen-bond acceptors (Lipinski definition) is 3. The third kappa shape index (κ3) is 3.94. The molecule has 2 atom stereocenters. The fourth-order valence-corrected chi connectivity index (χ4v) is 3.29. The van der Waals surface area contributed by atoms with Gasteiger partial charge in [-0.3, -0.25) is 0 Å². The van der Waals surface area contributed by atoms with Crippen molar-refractivity contribution in [2.45, 2.75) is 32.2 Å². The van der Waals surface area contributed by atoms with E-state index in [2.05, 4.69) is 36.1 Å². The van der Waals surface area contributed by atoms with E-state index in [1.165, 1.54) is 52.0 Å². The Bertz CT molecular complexity index is 222. The number of rotatable bonds is 4. The smallest absolute Gasteiger partial charge is 0.0221 e. The molecule has 0 spiro atoms. The highest BCUT2D eigenvalue weighted by Crippen LogP contribution is 2.21. The summed E-state index contributed by atoms with van der Waals surface area (Å²) in [6.07, 6.45) is 4.14. The first-order valence-electron chi connectivity index (χ1n) is 7.25. The van der Waals surface area contributed by atoms with Crippen LogP contribution in [0.25, 0.3) is 0 Å². The highest BCUT2D eigenvalue weighted by atomic mass is 15.2. The van der Waals surface area contributed by atoms with Crippen LogP contribution in [-0.2, 0) is 0 Å². The normalized spacial score (nSPS) is 32.5. The third-order valence-electron chi connectivity index (χ3n) is 4.48. The van der Waals surface area contributed by atoms with Crippen molar-refractivity contribution < 1.29 is 0 Å². The van der Waals surface area contributed by atoms with E-state index < -0.39 is 0 Å². The number of hydrogen-bond donors (Lipinski definition) is 1. The predicted molar refractivity (Wildman–Crippen MR) is 73.3 cm³/mol. The summed E-state index contributed by atoms with van der Waals surface area (Å²) < 4.78 is 0. The molecule has 2 aliphatic heterocycles. The Morgan fingerprint density at radius 3 is 2.41 bits per heavy atom. The first-order valence-corrected chi connectivity index (χ1v) is 7.25. The number of nitrogens with one attached hydrogen (secondary N) is 1. The van der Waals surface area contributed by atoms with Crippen molar-refractivity contribution in [1.82, 2.24) is 15.1 Å². The molecule has 0 radical (unpaired) electrons. The van der Waals surface area contributed by atoms with Gasteiger partial charge < -0.3 is 15.1 Å². The van der Waals surface area contributed by atoms with Gasteiger partial charge in [-0.05, 0) is 64.8 Å². The van der Waals surface area contributed by atoms with E-state index in [-0.39, 0.29) is 0 Å². The molecule has 2 fully saturated rings. The molecule has 2 saturated heterocycles. The van der Waals surface area contributed by atoms with Gasteiger partial charge in [-0.25, -0.2) is 0 Å². The molecule has 2 rings (SSSR count). The first-order chi connectivity index (χ1) is 8.15. The second-order valence-electron chi connectivity index (χ2n) is 6.33. The number of nitrogens with zero attached hydrogens (tertiary/aromatic N) is 2. The lowest BCUT2D eigenvalue weighted by Gasteiger charge is -2.35. The minimum Gasteiger partial charge on any atom is -0.312 e. The van der Waals surface area contributed by atoms with Gasteiger partial charge in [-0.1, -0.05) is 6.92 Å². The van der Waals surface area contributed by atoms with Crippen molar-refractivity contribution in [3.63, 3.8) is 0 Å². The second kappa shape index (κ2) is 6.17. The standard InChI is InChI=1S/C14H29N3/c1-12-4-7-15-14(12)11-17-8-5-13(6-9-17)10-16(2)3/h12-15H,4-11H2,1-3H3. The van der Waals surface area contributed by atoms with E-state index in [9.17, 15) is 0 Å². The van der Waals surface area contributed by atoms with Crippen molar-refractivity contribution in [3.8, 4) is 0 Å². The van der Waals surface area contributed by atoms with Crippen molar-refractivity contribution in [2.75, 3.05) is 46.8 Å². The molecule has 0 aromatic rings. The Balaban J connectivity index is 1.68. The zero-order valence-electron chi connectivity index (χ0n) is 11.8. The molecule has 2 aliphatic rings. The van der Waals surface area contributed by atoms with Crippen LogP contribution in [0.4, 0.5) is 0 Å². The topological polar surface area (TPSA) is 18.5 Å². The second-order valence-corrected chi connectivity index (χ2v) is 6.33. The maximum Gasteiger partial charge on any atom is 0.0221 e. The highest BCUT2D eigenvalue weighted by Gasteiger charge is 2.27. The molecule has 17 heavy (non-hydrogen) atoms. The van der Waals surface area contributed by atoms with Crippen LogP contribution < -0.4 is 5.32 Å². The summed E-state index contributed by atoms with van der Waals surface area (Å²) in [4.78, 5) is 5.01. The van der Waals surface area contributed by atoms with Gasteiger partial charge in [0.25, 0.3) is 0 Å². The Morgan fingerprint density at radius 2 is 1.88 bits per heavy atom. The van der Waals surface area contributed by atoms with Crippen LogP contribution in [0.3, 0.4) is 0 Å². The molecule has 3 nitrogen and oxygen atoms in total. The minimum absolute atomic E-state index is 0.750. The largest absolute Gasteiger partial charge is 0.312 e. The van der Waals surface area contributed by atoms with E-state index >= 15 is 0 Å². The van der Waals surface area contributed by atoms with E-state index in [0.29, 0.717) is 0 Å². The summed E-state index contributed by atoms with van der Waals surface area (Å²) in [6, 6.07) is 0.750. The van der Waals surface area contributed by atoms with Gasteiger partial charge in [0.1, 0.15) is 0 Å². The Morgan fingerprint density at radius 1 is 1.18 bits per heavy atom. The number of piperidine rings is 1. The lowest BCUT2D eigenvalue weighted by atomic mass is 9.95. The van der Waals surface area contributed by atoms with Crippen LogP contribution in [0.2, 0.25) is 0 Å². The van der Waals surface area contributed by atoms with E-state index in [1.54, 1.807) is 0 Å². The maximum absolute atomic E-state index is 3.65. The van der Waals surface area contributed by atoms with Gasteiger partial charge in [-0.15, -0.1) is 0 Å². The van der Waals surface area contributed by atoms with Gasteiger partial charge in [0.2, 0.25) is 0 Å². The van der Waals surface area contributed by atoms with Crippen molar-refractivity contribution >= 4 is 0 Å². The maximum atomic E-state index is 3.65. The predicted octanol–water partition coefficient (Wildman–Crippen LogP) is 1.26. The van der Waals surface area contributed by atoms with Crippen LogP contribution in [0.1, 0.15) is 26.2 Å². The molecule has 2 unspecified atom stereocenters. The van der Waals surface area contributed by atoms with Gasteiger partial charge in [-0.2, -0.15) is 0 Å². The average Bonchev–Trinajstić information content (AvgIpc) is 2.67. The minimum atomic E-state index is 0.750. The summed E-state index contributed by atoms with van der Waals surface area (Å²) in [5.74, 6) is 1.80. The lowest BCUT2D eigenvalue weighted by Crippen LogP contribution is -2.44. The van der Waals surface area contributed by atoms with Crippen molar-refractivity contribution in [2.24, 2.45) is 11.8 Å². The molecule has 3 heteroatoms. The Hall–Kier alpha value is -0.120. The van der Waals surface area contributed by atoms with Crippen LogP contribution >= 0.6 is 0 Å². The molecule has 2 heterocycles. The first kappa shape index (κ1) is 13.3. The third-order valence-corrected chi connectivity index (χ3v) is 4.48. The highest BCUT2D eigenvalue weighted by molar-refractivity contribution is 4.85. The van der Waals surface area contributed by atoms with Crippen LogP contribution in [0.15, 0.2) is 0 Å². The van der Waals surface area contributed by atoms with E-state index in [4.69, 9.17) is 0 Å². The zero-order valence-corrected chi connectivity index (χ0v) is 11.8.